The molecule has 2 aliphatic rings. The first kappa shape index (κ1) is 31.8. The number of hydrogen-bond acceptors (Lipinski definition) is 7. The molecule has 3 rings (SSSR count). The Bertz CT molecular complexity index is 905. The number of hydrogen-bond donors (Lipinski definition) is 3. The number of sulfonamides is 1. The van der Waals surface area contributed by atoms with Crippen LogP contribution in [-0.2, 0) is 14.8 Å². The molecule has 1 aromatic carbocycles. The zero-order chi connectivity index (χ0) is 25.8. The molecule has 212 valence electrons. The fraction of sp³-hybridized carbons (Fsp3) is 0.741. The first-order valence-corrected chi connectivity index (χ1v) is 15.4. The highest BCUT2D eigenvalue weighted by Crippen LogP contribution is 2.35. The van der Waals surface area contributed by atoms with Gasteiger partial charge in [0, 0.05) is 12.5 Å². The van der Waals surface area contributed by atoms with Crippen molar-refractivity contribution in [3.8, 4) is 11.5 Å². The maximum absolute atomic E-state index is 13.1. The summed E-state index contributed by atoms with van der Waals surface area (Å²) in [4.78, 5) is 11.8. The third-order valence-corrected chi connectivity index (χ3v) is 8.95. The van der Waals surface area contributed by atoms with Gasteiger partial charge < -0.3 is 20.1 Å². The van der Waals surface area contributed by atoms with Gasteiger partial charge >= 0.3 is 5.97 Å². The first-order chi connectivity index (χ1) is 17.4. The second-order valence-corrected chi connectivity index (χ2v) is 11.9. The molecule has 0 saturated carbocycles. The lowest BCUT2D eigenvalue weighted by atomic mass is 9.73. The number of ether oxygens (including phenoxy) is 2. The molecule has 2 saturated heterocycles. The molecule has 0 spiro atoms. The van der Waals surface area contributed by atoms with E-state index in [0.717, 1.165) is 64.7 Å². The van der Waals surface area contributed by atoms with Crippen LogP contribution in [0.3, 0.4) is 0 Å². The Balaban J connectivity index is 0.00000481. The zero-order valence-electron chi connectivity index (χ0n) is 22.4. The van der Waals surface area contributed by atoms with Gasteiger partial charge in [-0.1, -0.05) is 32.4 Å². The summed E-state index contributed by atoms with van der Waals surface area (Å²) in [6.45, 7) is 7.97. The molecule has 10 heteroatoms. The second kappa shape index (κ2) is 16.5. The largest absolute Gasteiger partial charge is 0.490 e. The molecule has 0 aromatic heterocycles. The second-order valence-electron chi connectivity index (χ2n) is 10.1. The van der Waals surface area contributed by atoms with E-state index in [1.54, 1.807) is 13.0 Å². The zero-order valence-corrected chi connectivity index (χ0v) is 24.0. The maximum Gasteiger partial charge on any atom is 0.311 e. The maximum atomic E-state index is 13.1. The smallest absolute Gasteiger partial charge is 0.311 e. The number of nitrogens with one attached hydrogen (secondary N) is 3. The number of halogens is 1. The number of rotatable bonds is 14. The fourth-order valence-corrected chi connectivity index (χ4v) is 7.04. The van der Waals surface area contributed by atoms with E-state index in [9.17, 15) is 13.2 Å². The minimum atomic E-state index is -3.36. The van der Waals surface area contributed by atoms with Crippen LogP contribution in [0.5, 0.6) is 11.5 Å². The number of carbonyl (C=O) groups excluding carboxylic acids is 1. The molecular formula is C27H46ClN3O5S. The van der Waals surface area contributed by atoms with E-state index in [2.05, 4.69) is 15.4 Å². The average molecular weight is 560 g/mol. The van der Waals surface area contributed by atoms with E-state index in [-0.39, 0.29) is 36.1 Å². The summed E-state index contributed by atoms with van der Waals surface area (Å²) in [5.74, 6) is 1.76. The lowest BCUT2D eigenvalue weighted by molar-refractivity contribution is -0.134. The van der Waals surface area contributed by atoms with E-state index in [1.165, 1.54) is 0 Å². The summed E-state index contributed by atoms with van der Waals surface area (Å²) in [6, 6.07) is 7.14. The van der Waals surface area contributed by atoms with Crippen LogP contribution in [0.1, 0.15) is 65.2 Å². The molecule has 0 aliphatic carbocycles. The van der Waals surface area contributed by atoms with Crippen LogP contribution in [-0.4, -0.2) is 59.0 Å². The number of carbonyl (C=O) groups is 1. The van der Waals surface area contributed by atoms with Crippen molar-refractivity contribution in [2.45, 2.75) is 71.3 Å². The van der Waals surface area contributed by atoms with Gasteiger partial charge in [0.15, 0.2) is 11.5 Å². The van der Waals surface area contributed by atoms with E-state index in [0.29, 0.717) is 42.8 Å². The third-order valence-electron chi connectivity index (χ3n) is 7.49. The summed E-state index contributed by atoms with van der Waals surface area (Å²) in [6.07, 6.45) is 6.57. The van der Waals surface area contributed by atoms with Crippen molar-refractivity contribution in [2.75, 3.05) is 38.5 Å². The Labute approximate surface area is 229 Å². The van der Waals surface area contributed by atoms with Crippen LogP contribution >= 0.6 is 12.4 Å². The molecule has 2 atom stereocenters. The Morgan fingerprint density at radius 3 is 2.19 bits per heavy atom. The molecular weight excluding hydrogens is 514 g/mol. The van der Waals surface area contributed by atoms with Crippen LogP contribution in [0.4, 0.5) is 0 Å². The molecule has 2 aliphatic heterocycles. The highest BCUT2D eigenvalue weighted by molar-refractivity contribution is 7.89. The monoisotopic (exact) mass is 559 g/mol. The van der Waals surface area contributed by atoms with Crippen LogP contribution in [0.2, 0.25) is 0 Å². The highest BCUT2D eigenvalue weighted by atomic mass is 35.5. The quantitative estimate of drug-likeness (QED) is 0.234. The average Bonchev–Trinajstić information content (AvgIpc) is 2.90. The molecule has 37 heavy (non-hydrogen) atoms. The Kier molecular flexibility index (Phi) is 14.2. The summed E-state index contributed by atoms with van der Waals surface area (Å²) in [5.41, 5.74) is 0. The fourth-order valence-electron chi connectivity index (χ4n) is 5.47. The normalized spacial score (nSPS) is 19.0. The summed E-state index contributed by atoms with van der Waals surface area (Å²) in [7, 11) is -3.36. The molecule has 8 nitrogen and oxygen atoms in total. The summed E-state index contributed by atoms with van der Waals surface area (Å²) in [5, 5.41) is 6.87. The first-order valence-electron chi connectivity index (χ1n) is 13.8. The molecule has 0 radical (unpaired) electrons. The lowest BCUT2D eigenvalue weighted by Gasteiger charge is -2.41. The van der Waals surface area contributed by atoms with E-state index < -0.39 is 10.0 Å². The van der Waals surface area contributed by atoms with Gasteiger partial charge in [0.1, 0.15) is 0 Å². The Morgan fingerprint density at radius 2 is 1.59 bits per heavy atom. The standard InChI is InChI=1S/C27H45N3O5S.ClH/c1-3-5-20-36(32,33)30-27(22-12-17-29-18-13-22)23(21-10-15-28-16-11-21)14-19-34-24-8-6-7-9-25(24)35-26(31)4-2;/h6-9,21-23,27-30H,3-5,10-20H2,1-2H3;1H. The van der Waals surface area contributed by atoms with Crippen LogP contribution in [0.15, 0.2) is 24.3 Å². The predicted molar refractivity (Wildman–Crippen MR) is 150 cm³/mol. The topological polar surface area (TPSA) is 106 Å². The van der Waals surface area contributed by atoms with E-state index in [4.69, 9.17) is 9.47 Å². The molecule has 1 aromatic rings. The van der Waals surface area contributed by atoms with Crippen molar-refractivity contribution in [1.29, 1.82) is 0 Å². The molecule has 0 amide bonds. The van der Waals surface area contributed by atoms with Crippen molar-refractivity contribution >= 4 is 28.4 Å². The number of esters is 1. The lowest BCUT2D eigenvalue weighted by Crippen LogP contribution is -2.52. The van der Waals surface area contributed by atoms with Crippen molar-refractivity contribution in [3.63, 3.8) is 0 Å². The van der Waals surface area contributed by atoms with Crippen LogP contribution in [0.25, 0.3) is 0 Å². The van der Waals surface area contributed by atoms with Crippen molar-refractivity contribution in [2.24, 2.45) is 17.8 Å². The van der Waals surface area contributed by atoms with Gasteiger partial charge in [-0.3, -0.25) is 4.79 Å². The predicted octanol–water partition coefficient (Wildman–Crippen LogP) is 3.90. The summed E-state index contributed by atoms with van der Waals surface area (Å²) < 4.78 is 40.9. The van der Waals surface area contributed by atoms with Gasteiger partial charge in [-0.25, -0.2) is 13.1 Å². The number of unbranched alkanes of at least 4 members (excludes halogenated alkanes) is 1. The highest BCUT2D eigenvalue weighted by Gasteiger charge is 2.38. The number of benzene rings is 1. The summed E-state index contributed by atoms with van der Waals surface area (Å²) >= 11 is 0. The third kappa shape index (κ3) is 10.4. The van der Waals surface area contributed by atoms with E-state index >= 15 is 0 Å². The molecule has 2 fully saturated rings. The van der Waals surface area contributed by atoms with Gasteiger partial charge in [0.25, 0.3) is 0 Å². The van der Waals surface area contributed by atoms with Gasteiger partial charge in [-0.05, 0) is 94.6 Å². The van der Waals surface area contributed by atoms with Gasteiger partial charge in [0.05, 0.1) is 12.4 Å². The molecule has 3 N–H and O–H groups in total. The van der Waals surface area contributed by atoms with Gasteiger partial charge in [-0.15, -0.1) is 12.4 Å². The Morgan fingerprint density at radius 1 is 1.00 bits per heavy atom. The van der Waals surface area contributed by atoms with Crippen molar-refractivity contribution in [3.05, 3.63) is 24.3 Å². The van der Waals surface area contributed by atoms with Crippen molar-refractivity contribution in [1.82, 2.24) is 15.4 Å². The van der Waals surface area contributed by atoms with E-state index in [1.807, 2.05) is 25.1 Å². The number of piperidine rings is 2. The molecule has 0 bridgehead atoms. The van der Waals surface area contributed by atoms with Crippen LogP contribution < -0.4 is 24.8 Å². The van der Waals surface area contributed by atoms with Gasteiger partial charge in [-0.2, -0.15) is 0 Å². The SMILES string of the molecule is CCCCS(=O)(=O)NC(C1CCNCC1)C(CCOc1ccccc1OC(=O)CC)C1CCNCC1.Cl. The van der Waals surface area contributed by atoms with Gasteiger partial charge in [0.2, 0.25) is 10.0 Å². The van der Waals surface area contributed by atoms with Crippen LogP contribution in [0, 0.1) is 17.8 Å². The molecule has 2 heterocycles. The molecule has 2 unspecified atom stereocenters. The minimum Gasteiger partial charge on any atom is -0.490 e. The number of para-hydroxylation sites is 2. The Hall–Kier alpha value is -1.39. The minimum absolute atomic E-state index is 0. The van der Waals surface area contributed by atoms with Crippen molar-refractivity contribution < 1.29 is 22.7 Å².